The van der Waals surface area contributed by atoms with Gasteiger partial charge in [-0.15, -0.1) is 11.8 Å². The Balaban J connectivity index is 2.15. The molecule has 106 valence electrons. The molecule has 3 rings (SSSR count). The zero-order chi connectivity index (χ0) is 14.8. The van der Waals surface area contributed by atoms with Crippen LogP contribution in [0.2, 0.25) is 0 Å². The van der Waals surface area contributed by atoms with Gasteiger partial charge in [-0.25, -0.2) is 4.79 Å². The minimum Gasteiger partial charge on any atom is -0.478 e. The van der Waals surface area contributed by atoms with Crippen LogP contribution in [0.5, 0.6) is 0 Å². The maximum Gasteiger partial charge on any atom is 0.338 e. The van der Waals surface area contributed by atoms with Crippen molar-refractivity contribution >= 4 is 23.2 Å². The molecule has 2 aromatic heterocycles. The van der Waals surface area contributed by atoms with E-state index in [-0.39, 0.29) is 0 Å². The van der Waals surface area contributed by atoms with Gasteiger partial charge >= 0.3 is 5.97 Å². The van der Waals surface area contributed by atoms with Crippen molar-refractivity contribution < 1.29 is 9.90 Å². The summed E-state index contributed by atoms with van der Waals surface area (Å²) in [6, 6.07) is 13.6. The lowest BCUT2D eigenvalue weighted by molar-refractivity contribution is 0.0700. The number of hydrogen-bond acceptors (Lipinski definition) is 2. The smallest absolute Gasteiger partial charge is 0.338 e. The van der Waals surface area contributed by atoms with Gasteiger partial charge in [0, 0.05) is 22.9 Å². The number of aromatic nitrogens is 1. The first kappa shape index (κ1) is 13.8. The van der Waals surface area contributed by atoms with Crippen LogP contribution in [-0.2, 0) is 0 Å². The van der Waals surface area contributed by atoms with Crippen molar-refractivity contribution in [2.24, 2.45) is 0 Å². The number of benzene rings is 1. The number of aromatic carboxylic acids is 1. The normalized spacial score (nSPS) is 10.9. The van der Waals surface area contributed by atoms with Crippen LogP contribution < -0.4 is 0 Å². The Labute approximate surface area is 127 Å². The quantitative estimate of drug-likeness (QED) is 0.725. The third kappa shape index (κ3) is 2.54. The number of nitrogens with zero attached hydrogens (tertiary/aromatic N) is 1. The average Bonchev–Trinajstić information content (AvgIpc) is 2.88. The van der Waals surface area contributed by atoms with Crippen molar-refractivity contribution in [3.05, 3.63) is 60.4 Å². The standard InChI is InChI=1S/C17H15NO2S/c1-2-21-13-8-6-12(7-9-13)14-11-18-10-4-3-5-15(18)16(14)17(19)20/h3-11H,2H2,1H3,(H,19,20). The van der Waals surface area contributed by atoms with E-state index in [0.717, 1.165) is 16.9 Å². The second kappa shape index (κ2) is 5.66. The second-order valence-corrected chi connectivity index (χ2v) is 6.01. The zero-order valence-electron chi connectivity index (χ0n) is 11.6. The summed E-state index contributed by atoms with van der Waals surface area (Å²) in [6.45, 7) is 2.11. The largest absolute Gasteiger partial charge is 0.478 e. The maximum atomic E-state index is 11.6. The fraction of sp³-hybridized carbons (Fsp3) is 0.118. The molecule has 0 aliphatic rings. The molecular formula is C17H15NO2S. The van der Waals surface area contributed by atoms with E-state index in [9.17, 15) is 9.90 Å². The van der Waals surface area contributed by atoms with E-state index in [1.165, 1.54) is 4.90 Å². The molecule has 0 fully saturated rings. The molecule has 3 aromatic rings. The fourth-order valence-electron chi connectivity index (χ4n) is 2.46. The van der Waals surface area contributed by atoms with E-state index in [4.69, 9.17) is 0 Å². The summed E-state index contributed by atoms with van der Waals surface area (Å²) >= 11 is 1.77. The molecule has 0 saturated heterocycles. The number of pyridine rings is 1. The molecule has 0 aliphatic heterocycles. The molecule has 0 unspecified atom stereocenters. The highest BCUT2D eigenvalue weighted by Crippen LogP contribution is 2.30. The third-order valence-corrected chi connectivity index (χ3v) is 4.27. The van der Waals surface area contributed by atoms with Gasteiger partial charge in [-0.05, 0) is 35.6 Å². The highest BCUT2D eigenvalue weighted by atomic mass is 32.2. The van der Waals surface area contributed by atoms with Gasteiger partial charge in [0.25, 0.3) is 0 Å². The zero-order valence-corrected chi connectivity index (χ0v) is 12.4. The lowest BCUT2D eigenvalue weighted by Gasteiger charge is -2.03. The van der Waals surface area contributed by atoms with Gasteiger partial charge in [0.1, 0.15) is 0 Å². The Morgan fingerprint density at radius 3 is 2.62 bits per heavy atom. The van der Waals surface area contributed by atoms with Gasteiger partial charge in [0.2, 0.25) is 0 Å². The molecule has 2 heterocycles. The van der Waals surface area contributed by atoms with Crippen molar-refractivity contribution in [2.75, 3.05) is 5.75 Å². The van der Waals surface area contributed by atoms with E-state index in [0.29, 0.717) is 11.1 Å². The van der Waals surface area contributed by atoms with Crippen LogP contribution in [0, 0.1) is 0 Å². The van der Waals surface area contributed by atoms with Crippen molar-refractivity contribution in [3.63, 3.8) is 0 Å². The molecule has 0 saturated carbocycles. The van der Waals surface area contributed by atoms with E-state index in [1.807, 2.05) is 59.3 Å². The molecule has 4 heteroatoms. The molecule has 0 radical (unpaired) electrons. The highest BCUT2D eigenvalue weighted by Gasteiger charge is 2.17. The van der Waals surface area contributed by atoms with Gasteiger partial charge in [-0.2, -0.15) is 0 Å². The summed E-state index contributed by atoms with van der Waals surface area (Å²) in [5, 5.41) is 9.54. The number of fused-ring (bicyclic) bond motifs is 1. The molecule has 0 spiro atoms. The minimum atomic E-state index is -0.897. The Morgan fingerprint density at radius 1 is 1.19 bits per heavy atom. The first-order valence-corrected chi connectivity index (χ1v) is 7.75. The van der Waals surface area contributed by atoms with Crippen LogP contribution in [-0.4, -0.2) is 21.2 Å². The molecular weight excluding hydrogens is 282 g/mol. The summed E-state index contributed by atoms with van der Waals surface area (Å²) in [6.07, 6.45) is 3.74. The maximum absolute atomic E-state index is 11.6. The van der Waals surface area contributed by atoms with Crippen LogP contribution in [0.15, 0.2) is 59.8 Å². The van der Waals surface area contributed by atoms with Gasteiger partial charge in [-0.1, -0.05) is 25.1 Å². The molecule has 21 heavy (non-hydrogen) atoms. The predicted molar refractivity (Wildman–Crippen MR) is 86.2 cm³/mol. The molecule has 1 aromatic carbocycles. The topological polar surface area (TPSA) is 41.7 Å². The van der Waals surface area contributed by atoms with Crippen LogP contribution >= 0.6 is 11.8 Å². The molecule has 0 amide bonds. The Bertz CT molecular complexity index is 790. The van der Waals surface area contributed by atoms with E-state index in [1.54, 1.807) is 11.8 Å². The summed E-state index contributed by atoms with van der Waals surface area (Å²) in [5.41, 5.74) is 2.75. The first-order valence-electron chi connectivity index (χ1n) is 6.77. The number of carbonyl (C=O) groups is 1. The lowest BCUT2D eigenvalue weighted by atomic mass is 10.0. The monoisotopic (exact) mass is 297 g/mol. The predicted octanol–water partition coefficient (Wildman–Crippen LogP) is 4.42. The summed E-state index contributed by atoms with van der Waals surface area (Å²) in [5.74, 6) is 0.126. The van der Waals surface area contributed by atoms with E-state index < -0.39 is 5.97 Å². The number of thioether (sulfide) groups is 1. The minimum absolute atomic E-state index is 0.353. The van der Waals surface area contributed by atoms with Crippen LogP contribution in [0.1, 0.15) is 17.3 Å². The number of rotatable bonds is 4. The van der Waals surface area contributed by atoms with Crippen molar-refractivity contribution in [1.82, 2.24) is 4.40 Å². The lowest BCUT2D eigenvalue weighted by Crippen LogP contribution is -1.97. The van der Waals surface area contributed by atoms with Gasteiger partial charge < -0.3 is 9.51 Å². The number of carboxylic acid groups (broad SMARTS) is 1. The van der Waals surface area contributed by atoms with Crippen LogP contribution in [0.25, 0.3) is 16.6 Å². The number of carboxylic acids is 1. The van der Waals surface area contributed by atoms with Gasteiger partial charge in [0.15, 0.2) is 0 Å². The van der Waals surface area contributed by atoms with E-state index in [2.05, 4.69) is 6.92 Å². The Hall–Kier alpha value is -2.20. The van der Waals surface area contributed by atoms with Crippen LogP contribution in [0.4, 0.5) is 0 Å². The van der Waals surface area contributed by atoms with Gasteiger partial charge in [0.05, 0.1) is 11.1 Å². The third-order valence-electron chi connectivity index (χ3n) is 3.37. The fourth-order valence-corrected chi connectivity index (χ4v) is 3.12. The molecule has 3 nitrogen and oxygen atoms in total. The summed E-state index contributed by atoms with van der Waals surface area (Å²) in [4.78, 5) is 12.8. The summed E-state index contributed by atoms with van der Waals surface area (Å²) in [7, 11) is 0. The molecule has 0 aliphatic carbocycles. The SMILES string of the molecule is CCSc1ccc(-c2cn3ccccc3c2C(=O)O)cc1. The number of hydrogen-bond donors (Lipinski definition) is 1. The Morgan fingerprint density at radius 2 is 1.95 bits per heavy atom. The highest BCUT2D eigenvalue weighted by molar-refractivity contribution is 7.99. The van der Waals surface area contributed by atoms with Crippen molar-refractivity contribution in [3.8, 4) is 11.1 Å². The summed E-state index contributed by atoms with van der Waals surface area (Å²) < 4.78 is 1.85. The van der Waals surface area contributed by atoms with E-state index >= 15 is 0 Å². The molecule has 1 N–H and O–H groups in total. The second-order valence-electron chi connectivity index (χ2n) is 4.67. The van der Waals surface area contributed by atoms with Crippen molar-refractivity contribution in [1.29, 1.82) is 0 Å². The van der Waals surface area contributed by atoms with Crippen molar-refractivity contribution in [2.45, 2.75) is 11.8 Å². The Kier molecular flexibility index (Phi) is 3.71. The van der Waals surface area contributed by atoms with Crippen LogP contribution in [0.3, 0.4) is 0 Å². The molecule has 0 bridgehead atoms. The average molecular weight is 297 g/mol. The van der Waals surface area contributed by atoms with Gasteiger partial charge in [-0.3, -0.25) is 0 Å². The molecule has 0 atom stereocenters. The first-order chi connectivity index (χ1) is 10.2.